The Morgan fingerprint density at radius 3 is 2.58 bits per heavy atom. The van der Waals surface area contributed by atoms with E-state index in [0.717, 1.165) is 27.7 Å². The minimum atomic E-state index is -0.278. The number of ketones is 2. The molecule has 4 aromatic rings. The molecule has 0 saturated carbocycles. The van der Waals surface area contributed by atoms with Crippen LogP contribution in [0.1, 0.15) is 23.2 Å². The quantitative estimate of drug-likeness (QED) is 0.211. The maximum atomic E-state index is 12.3. The lowest BCUT2D eigenvalue weighted by Gasteiger charge is -2.10. The molecular formula is C30H28N2O4. The van der Waals surface area contributed by atoms with Gasteiger partial charge in [0.2, 0.25) is 0 Å². The van der Waals surface area contributed by atoms with Gasteiger partial charge in [0.15, 0.2) is 11.6 Å². The molecule has 36 heavy (non-hydrogen) atoms. The minimum Gasteiger partial charge on any atom is -0.496 e. The Bertz CT molecular complexity index is 1420. The number of aromatic nitrogens is 2. The number of aryl methyl sites for hydroxylation is 1. The maximum absolute atomic E-state index is 12.3. The van der Waals surface area contributed by atoms with Gasteiger partial charge in [0, 0.05) is 48.7 Å². The first-order chi connectivity index (χ1) is 17.5. The number of allylic oxidation sites excluding steroid dienone is 2. The second kappa shape index (κ2) is 11.8. The highest BCUT2D eigenvalue weighted by Crippen LogP contribution is 2.26. The number of rotatable bonds is 11. The van der Waals surface area contributed by atoms with E-state index >= 15 is 0 Å². The van der Waals surface area contributed by atoms with Gasteiger partial charge in [-0.25, -0.2) is 0 Å². The molecular weight excluding hydrogens is 452 g/mol. The van der Waals surface area contributed by atoms with Crippen molar-refractivity contribution >= 4 is 34.6 Å². The van der Waals surface area contributed by atoms with Crippen molar-refractivity contribution in [3.05, 3.63) is 102 Å². The molecule has 6 nitrogen and oxygen atoms in total. The summed E-state index contributed by atoms with van der Waals surface area (Å²) in [6.45, 7) is 0.489. The molecule has 2 aromatic heterocycles. The maximum Gasteiger partial charge on any atom is 0.163 e. The molecule has 0 saturated heterocycles. The minimum absolute atomic E-state index is 0.198. The Balaban J connectivity index is 1.31. The molecule has 0 fully saturated rings. The molecule has 0 unspecified atom stereocenters. The highest BCUT2D eigenvalue weighted by atomic mass is 16.5. The topological polar surface area (TPSA) is 70.4 Å². The van der Waals surface area contributed by atoms with E-state index in [2.05, 4.69) is 4.98 Å². The number of hydrogen-bond donors (Lipinski definition) is 0. The second-order valence-corrected chi connectivity index (χ2v) is 8.34. The van der Waals surface area contributed by atoms with Gasteiger partial charge in [-0.2, -0.15) is 0 Å². The number of pyridine rings is 1. The van der Waals surface area contributed by atoms with Crippen molar-refractivity contribution in [2.24, 2.45) is 7.05 Å². The Morgan fingerprint density at radius 2 is 1.81 bits per heavy atom. The number of carbonyl (C=O) groups excluding carboxylic acids is 2. The van der Waals surface area contributed by atoms with Crippen LogP contribution in [0, 0.1) is 0 Å². The molecule has 6 heteroatoms. The van der Waals surface area contributed by atoms with Crippen molar-refractivity contribution in [2.75, 3.05) is 13.7 Å². The highest BCUT2D eigenvalue weighted by Gasteiger charge is 2.07. The van der Waals surface area contributed by atoms with E-state index in [1.54, 1.807) is 31.5 Å². The third-order valence-electron chi connectivity index (χ3n) is 5.73. The average molecular weight is 481 g/mol. The van der Waals surface area contributed by atoms with Gasteiger partial charge in [0.1, 0.15) is 11.5 Å². The van der Waals surface area contributed by atoms with Crippen LogP contribution in [0.25, 0.3) is 23.1 Å². The van der Waals surface area contributed by atoms with Gasteiger partial charge >= 0.3 is 0 Å². The number of benzene rings is 2. The van der Waals surface area contributed by atoms with Crippen LogP contribution < -0.4 is 9.47 Å². The summed E-state index contributed by atoms with van der Waals surface area (Å²) in [7, 11) is 3.54. The standard InChI is InChI=1S/C30H28N2O4/c1-32-17-14-23-8-6-22(19-29(23)32)7-11-26(33)20-27(34)12-9-24-10-13-28(21-30(24)35-2)36-18-15-25-5-3-4-16-31-25/h3-14,16-17,19,21H,15,18,20H2,1-2H3. The third-order valence-corrected chi connectivity index (χ3v) is 5.73. The Hall–Kier alpha value is -4.45. The van der Waals surface area contributed by atoms with Crippen molar-refractivity contribution < 1.29 is 19.1 Å². The van der Waals surface area contributed by atoms with Crippen molar-refractivity contribution in [1.82, 2.24) is 9.55 Å². The first kappa shape index (κ1) is 24.7. The normalized spacial score (nSPS) is 11.4. The highest BCUT2D eigenvalue weighted by molar-refractivity contribution is 6.11. The summed E-state index contributed by atoms with van der Waals surface area (Å²) < 4.78 is 13.3. The number of nitrogens with zero attached hydrogens (tertiary/aromatic N) is 2. The largest absolute Gasteiger partial charge is 0.496 e. The monoisotopic (exact) mass is 480 g/mol. The van der Waals surface area contributed by atoms with Crippen LogP contribution in [0.4, 0.5) is 0 Å². The van der Waals surface area contributed by atoms with Gasteiger partial charge in [0.05, 0.1) is 20.1 Å². The first-order valence-corrected chi connectivity index (χ1v) is 11.7. The van der Waals surface area contributed by atoms with E-state index in [1.807, 2.05) is 72.4 Å². The summed E-state index contributed by atoms with van der Waals surface area (Å²) in [5, 5.41) is 1.14. The van der Waals surface area contributed by atoms with E-state index < -0.39 is 0 Å². The lowest BCUT2D eigenvalue weighted by atomic mass is 10.1. The van der Waals surface area contributed by atoms with Crippen molar-refractivity contribution in [3.8, 4) is 11.5 Å². The van der Waals surface area contributed by atoms with Crippen LogP contribution in [0.5, 0.6) is 11.5 Å². The van der Waals surface area contributed by atoms with Gasteiger partial charge in [-0.1, -0.05) is 24.3 Å². The number of fused-ring (bicyclic) bond motifs is 1. The van der Waals surface area contributed by atoms with Gasteiger partial charge in [-0.3, -0.25) is 14.6 Å². The molecule has 0 radical (unpaired) electrons. The summed E-state index contributed by atoms with van der Waals surface area (Å²) >= 11 is 0. The van der Waals surface area contributed by atoms with Crippen LogP contribution >= 0.6 is 0 Å². The number of hydrogen-bond acceptors (Lipinski definition) is 5. The molecule has 0 aliphatic carbocycles. The molecule has 0 bridgehead atoms. The van der Waals surface area contributed by atoms with Gasteiger partial charge < -0.3 is 14.0 Å². The fourth-order valence-corrected chi connectivity index (χ4v) is 3.78. The van der Waals surface area contributed by atoms with Crippen LogP contribution in [-0.4, -0.2) is 34.8 Å². The van der Waals surface area contributed by atoms with E-state index in [1.165, 1.54) is 12.2 Å². The molecule has 0 atom stereocenters. The fraction of sp³-hybridized carbons (Fsp3) is 0.167. The molecule has 0 aliphatic heterocycles. The lowest BCUT2D eigenvalue weighted by Crippen LogP contribution is -2.03. The molecule has 0 spiro atoms. The zero-order valence-corrected chi connectivity index (χ0v) is 20.4. The van der Waals surface area contributed by atoms with Crippen molar-refractivity contribution in [1.29, 1.82) is 0 Å². The fourth-order valence-electron chi connectivity index (χ4n) is 3.78. The van der Waals surface area contributed by atoms with E-state index in [9.17, 15) is 9.59 Å². The SMILES string of the molecule is COc1cc(OCCc2ccccn2)ccc1C=CC(=O)CC(=O)C=Cc1ccc2ccn(C)c2c1. The Kier molecular flexibility index (Phi) is 8.08. The summed E-state index contributed by atoms with van der Waals surface area (Å²) in [6, 6.07) is 19.2. The zero-order chi connectivity index (χ0) is 25.3. The number of carbonyl (C=O) groups is 2. The summed E-state index contributed by atoms with van der Waals surface area (Å²) in [5.74, 6) is 0.720. The van der Waals surface area contributed by atoms with Crippen LogP contribution in [0.2, 0.25) is 0 Å². The van der Waals surface area contributed by atoms with Crippen LogP contribution in [0.15, 0.2) is 85.2 Å². The summed E-state index contributed by atoms with van der Waals surface area (Å²) in [6.07, 6.45) is 10.5. The van der Waals surface area contributed by atoms with E-state index in [0.29, 0.717) is 24.5 Å². The molecule has 2 heterocycles. The van der Waals surface area contributed by atoms with Crippen LogP contribution in [-0.2, 0) is 23.1 Å². The van der Waals surface area contributed by atoms with E-state index in [-0.39, 0.29) is 18.0 Å². The summed E-state index contributed by atoms with van der Waals surface area (Å²) in [5.41, 5.74) is 3.68. The van der Waals surface area contributed by atoms with Crippen molar-refractivity contribution in [2.45, 2.75) is 12.8 Å². The number of ether oxygens (including phenoxy) is 2. The first-order valence-electron chi connectivity index (χ1n) is 11.7. The predicted octanol–water partition coefficient (Wildman–Crippen LogP) is 5.46. The molecule has 0 aliphatic rings. The smallest absolute Gasteiger partial charge is 0.163 e. The van der Waals surface area contributed by atoms with Gasteiger partial charge in [0.25, 0.3) is 0 Å². The molecule has 4 rings (SSSR count). The molecule has 0 amide bonds. The van der Waals surface area contributed by atoms with Crippen LogP contribution in [0.3, 0.4) is 0 Å². The second-order valence-electron chi connectivity index (χ2n) is 8.34. The van der Waals surface area contributed by atoms with Gasteiger partial charge in [-0.05, 0) is 65.6 Å². The average Bonchev–Trinajstić information content (AvgIpc) is 3.27. The van der Waals surface area contributed by atoms with Crippen molar-refractivity contribution in [3.63, 3.8) is 0 Å². The Morgan fingerprint density at radius 1 is 0.972 bits per heavy atom. The molecule has 2 aromatic carbocycles. The van der Waals surface area contributed by atoms with E-state index in [4.69, 9.17) is 9.47 Å². The molecule has 0 N–H and O–H groups in total. The summed E-state index contributed by atoms with van der Waals surface area (Å²) in [4.78, 5) is 28.9. The Labute approximate surface area is 210 Å². The predicted molar refractivity (Wildman–Crippen MR) is 142 cm³/mol. The zero-order valence-electron chi connectivity index (χ0n) is 20.4. The molecule has 182 valence electrons. The van der Waals surface area contributed by atoms with Gasteiger partial charge in [-0.15, -0.1) is 0 Å². The number of methoxy groups -OCH3 is 1. The third kappa shape index (κ3) is 6.57. The lowest BCUT2D eigenvalue weighted by molar-refractivity contribution is -0.121.